The number of carbonyl (C=O) groups is 1. The molecule has 20 heavy (non-hydrogen) atoms. The van der Waals surface area contributed by atoms with Gasteiger partial charge in [-0.25, -0.2) is 4.79 Å². The Kier molecular flexibility index (Phi) is 4.41. The zero-order chi connectivity index (χ0) is 14.4. The number of hydrogen-bond donors (Lipinski definition) is 0. The molecule has 2 aromatic carbocycles. The molecule has 0 unspecified atom stereocenters. The number of terminal acetylenes is 1. The van der Waals surface area contributed by atoms with E-state index in [9.17, 15) is 4.79 Å². The second-order valence-electron chi connectivity index (χ2n) is 4.24. The van der Waals surface area contributed by atoms with Crippen molar-refractivity contribution in [2.75, 3.05) is 0 Å². The highest BCUT2D eigenvalue weighted by molar-refractivity contribution is 5.89. The molecule has 0 aliphatic carbocycles. The lowest BCUT2D eigenvalue weighted by Gasteiger charge is -2.09. The fraction of sp³-hybridized carbons (Fsp3) is 0.118. The summed E-state index contributed by atoms with van der Waals surface area (Å²) in [6.45, 7) is 2.32. The Balaban J connectivity index is 2.02. The molecule has 0 bridgehead atoms. The van der Waals surface area contributed by atoms with Gasteiger partial charge in [-0.1, -0.05) is 30.3 Å². The number of hydrogen-bond acceptors (Lipinski definition) is 3. The van der Waals surface area contributed by atoms with E-state index in [1.54, 1.807) is 12.1 Å². The lowest BCUT2D eigenvalue weighted by molar-refractivity contribution is -0.128. The zero-order valence-corrected chi connectivity index (χ0v) is 11.1. The monoisotopic (exact) mass is 266 g/mol. The highest BCUT2D eigenvalue weighted by Crippen LogP contribution is 2.24. The summed E-state index contributed by atoms with van der Waals surface area (Å²) in [5.41, 5.74) is 1.88. The molecule has 0 N–H and O–H groups in total. The molecule has 2 aromatic rings. The van der Waals surface area contributed by atoms with Crippen molar-refractivity contribution in [2.24, 2.45) is 0 Å². The summed E-state index contributed by atoms with van der Waals surface area (Å²) in [6, 6.07) is 15.1. The van der Waals surface area contributed by atoms with Gasteiger partial charge in [-0.05, 0) is 36.2 Å². The Bertz CT molecular complexity index is 639. The Morgan fingerprint density at radius 3 is 2.60 bits per heavy atom. The Labute approximate surface area is 118 Å². The fourth-order valence-electron chi connectivity index (χ4n) is 1.70. The van der Waals surface area contributed by atoms with Gasteiger partial charge in [-0.15, -0.1) is 6.42 Å². The quantitative estimate of drug-likeness (QED) is 0.369. The zero-order valence-electron chi connectivity index (χ0n) is 11.1. The minimum absolute atomic E-state index is 0.444. The number of rotatable bonds is 4. The van der Waals surface area contributed by atoms with E-state index in [2.05, 4.69) is 0 Å². The summed E-state index contributed by atoms with van der Waals surface area (Å²) in [6.07, 6.45) is 4.96. The number of aryl methyl sites for hydroxylation is 1. The SMILES string of the molecule is C#CC(=O)Oc1ccc(OCc2ccccc2)cc1C. The average molecular weight is 266 g/mol. The van der Waals surface area contributed by atoms with Gasteiger partial charge in [-0.2, -0.15) is 0 Å². The van der Waals surface area contributed by atoms with Crippen molar-refractivity contribution in [3.63, 3.8) is 0 Å². The predicted octanol–water partition coefficient (Wildman–Crippen LogP) is 3.11. The maximum absolute atomic E-state index is 11.0. The standard InChI is InChI=1S/C17H14O3/c1-3-17(18)20-16-10-9-15(11-13(16)2)19-12-14-7-5-4-6-8-14/h1,4-11H,12H2,2H3. The van der Waals surface area contributed by atoms with E-state index in [1.165, 1.54) is 0 Å². The van der Waals surface area contributed by atoms with Crippen LogP contribution in [0.25, 0.3) is 0 Å². The van der Waals surface area contributed by atoms with Crippen molar-refractivity contribution < 1.29 is 14.3 Å². The number of ether oxygens (including phenoxy) is 2. The molecule has 3 nitrogen and oxygen atoms in total. The molecule has 0 heterocycles. The number of benzene rings is 2. The van der Waals surface area contributed by atoms with Crippen molar-refractivity contribution in [1.29, 1.82) is 0 Å². The predicted molar refractivity (Wildman–Crippen MR) is 76.4 cm³/mol. The van der Waals surface area contributed by atoms with Crippen LogP contribution in [0, 0.1) is 19.3 Å². The summed E-state index contributed by atoms with van der Waals surface area (Å²) in [7, 11) is 0. The molecule has 0 aromatic heterocycles. The van der Waals surface area contributed by atoms with Crippen LogP contribution in [0.1, 0.15) is 11.1 Å². The third-order valence-corrected chi connectivity index (χ3v) is 2.72. The van der Waals surface area contributed by atoms with E-state index in [0.29, 0.717) is 18.1 Å². The van der Waals surface area contributed by atoms with Crippen molar-refractivity contribution in [1.82, 2.24) is 0 Å². The second-order valence-corrected chi connectivity index (χ2v) is 4.24. The highest BCUT2D eigenvalue weighted by atomic mass is 16.5. The molecular weight excluding hydrogens is 252 g/mol. The molecule has 0 atom stereocenters. The van der Waals surface area contributed by atoms with Crippen LogP contribution in [0.4, 0.5) is 0 Å². The molecule has 0 saturated heterocycles. The molecule has 0 spiro atoms. The molecule has 0 aliphatic rings. The molecule has 2 rings (SSSR count). The first-order valence-corrected chi connectivity index (χ1v) is 6.15. The van der Waals surface area contributed by atoms with E-state index in [-0.39, 0.29) is 0 Å². The topological polar surface area (TPSA) is 35.5 Å². The molecule has 0 radical (unpaired) electrons. The van der Waals surface area contributed by atoms with E-state index in [0.717, 1.165) is 11.1 Å². The number of carbonyl (C=O) groups excluding carboxylic acids is 1. The van der Waals surface area contributed by atoms with Gasteiger partial charge in [0.15, 0.2) is 0 Å². The van der Waals surface area contributed by atoms with Crippen LogP contribution in [0.15, 0.2) is 48.5 Å². The van der Waals surface area contributed by atoms with Gasteiger partial charge >= 0.3 is 5.97 Å². The van der Waals surface area contributed by atoms with Crippen molar-refractivity contribution in [3.8, 4) is 23.8 Å². The van der Waals surface area contributed by atoms with Crippen LogP contribution in [-0.2, 0) is 11.4 Å². The Hall–Kier alpha value is -2.73. The molecule has 0 amide bonds. The summed E-state index contributed by atoms with van der Waals surface area (Å²) in [5.74, 6) is 2.37. The van der Waals surface area contributed by atoms with Crippen LogP contribution >= 0.6 is 0 Å². The first kappa shape index (κ1) is 13.7. The van der Waals surface area contributed by atoms with Gasteiger partial charge in [0.25, 0.3) is 0 Å². The molecule has 0 aliphatic heterocycles. The van der Waals surface area contributed by atoms with Crippen molar-refractivity contribution in [3.05, 3.63) is 59.7 Å². The Morgan fingerprint density at radius 1 is 1.20 bits per heavy atom. The summed E-state index contributed by atoms with van der Waals surface area (Å²) >= 11 is 0. The average Bonchev–Trinajstić information content (AvgIpc) is 2.48. The first-order valence-electron chi connectivity index (χ1n) is 6.15. The van der Waals surface area contributed by atoms with Crippen molar-refractivity contribution in [2.45, 2.75) is 13.5 Å². The third-order valence-electron chi connectivity index (χ3n) is 2.72. The van der Waals surface area contributed by atoms with E-state index in [4.69, 9.17) is 15.9 Å². The molecule has 100 valence electrons. The van der Waals surface area contributed by atoms with Gasteiger partial charge in [0.2, 0.25) is 0 Å². The number of esters is 1. The van der Waals surface area contributed by atoms with Crippen LogP contribution in [0.2, 0.25) is 0 Å². The molecule has 3 heteroatoms. The van der Waals surface area contributed by atoms with Gasteiger partial charge in [-0.3, -0.25) is 0 Å². The lowest BCUT2D eigenvalue weighted by atomic mass is 10.2. The van der Waals surface area contributed by atoms with Crippen molar-refractivity contribution >= 4 is 5.97 Å². The molecule has 0 fully saturated rings. The summed E-state index contributed by atoms with van der Waals surface area (Å²) in [5, 5.41) is 0. The minimum Gasteiger partial charge on any atom is -0.489 e. The maximum Gasteiger partial charge on any atom is 0.389 e. The first-order chi connectivity index (χ1) is 9.69. The summed E-state index contributed by atoms with van der Waals surface area (Å²) < 4.78 is 10.7. The smallest absolute Gasteiger partial charge is 0.389 e. The molecular formula is C17H14O3. The van der Waals surface area contributed by atoms with Crippen LogP contribution in [-0.4, -0.2) is 5.97 Å². The Morgan fingerprint density at radius 2 is 1.95 bits per heavy atom. The van der Waals surface area contributed by atoms with E-state index >= 15 is 0 Å². The lowest BCUT2D eigenvalue weighted by Crippen LogP contribution is -2.05. The van der Waals surface area contributed by atoms with Crippen LogP contribution in [0.3, 0.4) is 0 Å². The third kappa shape index (κ3) is 3.63. The normalized spacial score (nSPS) is 9.60. The van der Waals surface area contributed by atoms with E-state index < -0.39 is 5.97 Å². The van der Waals surface area contributed by atoms with Gasteiger partial charge < -0.3 is 9.47 Å². The van der Waals surface area contributed by atoms with Crippen LogP contribution < -0.4 is 9.47 Å². The summed E-state index contributed by atoms with van der Waals surface area (Å²) in [4.78, 5) is 11.0. The van der Waals surface area contributed by atoms with E-state index in [1.807, 2.05) is 49.2 Å². The van der Waals surface area contributed by atoms with Crippen LogP contribution in [0.5, 0.6) is 11.5 Å². The molecule has 0 saturated carbocycles. The minimum atomic E-state index is -0.703. The fourth-order valence-corrected chi connectivity index (χ4v) is 1.70. The van der Waals surface area contributed by atoms with Gasteiger partial charge in [0.1, 0.15) is 18.1 Å². The maximum atomic E-state index is 11.0. The van der Waals surface area contributed by atoms with Gasteiger partial charge in [0.05, 0.1) is 0 Å². The largest absolute Gasteiger partial charge is 0.489 e. The second kappa shape index (κ2) is 6.44. The highest BCUT2D eigenvalue weighted by Gasteiger charge is 2.06. The van der Waals surface area contributed by atoms with Gasteiger partial charge in [0, 0.05) is 5.92 Å².